The Morgan fingerprint density at radius 3 is 2.90 bits per heavy atom. The Morgan fingerprint density at radius 2 is 2.24 bits per heavy atom. The lowest BCUT2D eigenvalue weighted by molar-refractivity contribution is -0.120. The number of halogens is 1. The number of piperidine rings is 1. The molecule has 21 heavy (non-hydrogen) atoms. The average Bonchev–Trinajstić information content (AvgIpc) is 2.46. The summed E-state index contributed by atoms with van der Waals surface area (Å²) in [6, 6.07) is 8.28. The van der Waals surface area contributed by atoms with E-state index >= 15 is 0 Å². The van der Waals surface area contributed by atoms with Crippen LogP contribution in [0.2, 0.25) is 0 Å². The zero-order valence-electron chi connectivity index (χ0n) is 12.9. The molecule has 1 aromatic rings. The zero-order chi connectivity index (χ0) is 14.5. The Balaban J connectivity index is 0.00000220. The summed E-state index contributed by atoms with van der Waals surface area (Å²) in [6.45, 7) is 5.04. The second-order valence-corrected chi connectivity index (χ2v) is 5.57. The lowest BCUT2D eigenvalue weighted by Gasteiger charge is -2.27. The SMILES string of the molecule is COC(C)c1cccc(NC(=O)[C@H]2CCN[C@@H](C)C2)c1.Cl. The number of rotatable bonds is 4. The molecular formula is C16H25ClN2O2. The average molecular weight is 313 g/mol. The van der Waals surface area contributed by atoms with Crippen LogP contribution in [0.15, 0.2) is 24.3 Å². The quantitative estimate of drug-likeness (QED) is 0.898. The van der Waals surface area contributed by atoms with Crippen molar-refractivity contribution in [2.45, 2.75) is 38.8 Å². The molecule has 1 saturated heterocycles. The molecule has 0 spiro atoms. The second-order valence-electron chi connectivity index (χ2n) is 5.57. The van der Waals surface area contributed by atoms with Crippen LogP contribution < -0.4 is 10.6 Å². The Bertz CT molecular complexity index is 467. The van der Waals surface area contributed by atoms with Crippen molar-refractivity contribution in [1.29, 1.82) is 0 Å². The number of hydrogen-bond acceptors (Lipinski definition) is 3. The number of methoxy groups -OCH3 is 1. The molecule has 1 fully saturated rings. The predicted molar refractivity (Wildman–Crippen MR) is 87.9 cm³/mol. The van der Waals surface area contributed by atoms with Gasteiger partial charge in [-0.05, 0) is 50.9 Å². The molecule has 2 rings (SSSR count). The lowest BCUT2D eigenvalue weighted by atomic mass is 9.92. The molecule has 0 radical (unpaired) electrons. The molecule has 0 saturated carbocycles. The van der Waals surface area contributed by atoms with Gasteiger partial charge in [0.25, 0.3) is 0 Å². The van der Waals surface area contributed by atoms with Crippen molar-refractivity contribution in [1.82, 2.24) is 5.32 Å². The molecular weight excluding hydrogens is 288 g/mol. The third-order valence-corrected chi connectivity index (χ3v) is 3.97. The topological polar surface area (TPSA) is 50.4 Å². The molecule has 5 heteroatoms. The minimum Gasteiger partial charge on any atom is -0.377 e. The minimum absolute atomic E-state index is 0. The van der Waals surface area contributed by atoms with Crippen molar-refractivity contribution in [2.24, 2.45) is 5.92 Å². The van der Waals surface area contributed by atoms with Gasteiger partial charge in [-0.1, -0.05) is 12.1 Å². The predicted octanol–water partition coefficient (Wildman–Crippen LogP) is 3.14. The summed E-state index contributed by atoms with van der Waals surface area (Å²) in [5.41, 5.74) is 1.92. The monoisotopic (exact) mass is 312 g/mol. The van der Waals surface area contributed by atoms with E-state index in [0.29, 0.717) is 6.04 Å². The smallest absolute Gasteiger partial charge is 0.227 e. The number of hydrogen-bond donors (Lipinski definition) is 2. The fourth-order valence-electron chi connectivity index (χ4n) is 2.62. The maximum atomic E-state index is 12.3. The highest BCUT2D eigenvalue weighted by atomic mass is 35.5. The lowest BCUT2D eigenvalue weighted by Crippen LogP contribution is -2.40. The van der Waals surface area contributed by atoms with Crippen molar-refractivity contribution < 1.29 is 9.53 Å². The van der Waals surface area contributed by atoms with Crippen LogP contribution in [-0.2, 0) is 9.53 Å². The maximum Gasteiger partial charge on any atom is 0.227 e. The molecule has 1 aromatic carbocycles. The molecule has 3 atom stereocenters. The number of benzene rings is 1. The van der Waals surface area contributed by atoms with Gasteiger partial charge in [0.1, 0.15) is 0 Å². The van der Waals surface area contributed by atoms with Crippen LogP contribution in [-0.4, -0.2) is 25.6 Å². The van der Waals surface area contributed by atoms with E-state index in [1.54, 1.807) is 7.11 Å². The fraction of sp³-hybridized carbons (Fsp3) is 0.562. The van der Waals surface area contributed by atoms with Gasteiger partial charge in [0, 0.05) is 24.8 Å². The van der Waals surface area contributed by atoms with Crippen molar-refractivity contribution in [3.05, 3.63) is 29.8 Å². The van der Waals surface area contributed by atoms with E-state index in [-0.39, 0.29) is 30.3 Å². The Hall–Kier alpha value is -1.10. The number of carbonyl (C=O) groups excluding carboxylic acids is 1. The fourth-order valence-corrected chi connectivity index (χ4v) is 2.62. The molecule has 1 unspecified atom stereocenters. The molecule has 1 aliphatic heterocycles. The molecule has 2 N–H and O–H groups in total. The number of anilines is 1. The van der Waals surface area contributed by atoms with Gasteiger partial charge in [-0.2, -0.15) is 0 Å². The van der Waals surface area contributed by atoms with Crippen LogP contribution in [0.4, 0.5) is 5.69 Å². The normalized spacial score (nSPS) is 23.0. The van der Waals surface area contributed by atoms with Gasteiger partial charge in [-0.3, -0.25) is 4.79 Å². The van der Waals surface area contributed by atoms with Crippen molar-refractivity contribution >= 4 is 24.0 Å². The molecule has 0 aromatic heterocycles. The van der Waals surface area contributed by atoms with Crippen LogP contribution in [0.1, 0.15) is 38.4 Å². The molecule has 0 bridgehead atoms. The Morgan fingerprint density at radius 1 is 1.48 bits per heavy atom. The summed E-state index contributed by atoms with van der Waals surface area (Å²) in [5, 5.41) is 6.40. The molecule has 1 amide bonds. The highest BCUT2D eigenvalue weighted by Gasteiger charge is 2.24. The van der Waals surface area contributed by atoms with Gasteiger partial charge in [-0.25, -0.2) is 0 Å². The van der Waals surface area contributed by atoms with Crippen LogP contribution in [0.25, 0.3) is 0 Å². The first-order chi connectivity index (χ1) is 9.60. The molecule has 4 nitrogen and oxygen atoms in total. The standard InChI is InChI=1S/C16H24N2O2.ClH/c1-11-9-14(7-8-17-11)16(19)18-15-6-4-5-13(10-15)12(2)20-3;/h4-6,10-12,14,17H,7-9H2,1-3H3,(H,18,19);1H/t11-,12?,14-;/m0./s1. The van der Waals surface area contributed by atoms with Gasteiger partial charge in [0.05, 0.1) is 6.10 Å². The zero-order valence-corrected chi connectivity index (χ0v) is 13.7. The van der Waals surface area contributed by atoms with E-state index in [9.17, 15) is 4.79 Å². The Labute approximate surface area is 133 Å². The largest absolute Gasteiger partial charge is 0.377 e. The van der Waals surface area contributed by atoms with E-state index in [1.165, 1.54) is 0 Å². The second kappa shape index (κ2) is 8.37. The highest BCUT2D eigenvalue weighted by Crippen LogP contribution is 2.22. The third kappa shape index (κ3) is 4.99. The molecule has 118 valence electrons. The van der Waals surface area contributed by atoms with Gasteiger partial charge in [0.2, 0.25) is 5.91 Å². The van der Waals surface area contributed by atoms with E-state index in [1.807, 2.05) is 31.2 Å². The molecule has 0 aliphatic carbocycles. The van der Waals surface area contributed by atoms with Gasteiger partial charge >= 0.3 is 0 Å². The highest BCUT2D eigenvalue weighted by molar-refractivity contribution is 5.92. The first-order valence-electron chi connectivity index (χ1n) is 7.27. The summed E-state index contributed by atoms with van der Waals surface area (Å²) in [6.07, 6.45) is 1.84. The summed E-state index contributed by atoms with van der Waals surface area (Å²) >= 11 is 0. The van der Waals surface area contributed by atoms with Gasteiger partial charge in [-0.15, -0.1) is 12.4 Å². The Kier molecular flexibility index (Phi) is 7.15. The number of amides is 1. The van der Waals surface area contributed by atoms with E-state index in [2.05, 4.69) is 17.6 Å². The summed E-state index contributed by atoms with van der Waals surface area (Å²) in [7, 11) is 1.69. The molecule has 1 heterocycles. The van der Waals surface area contributed by atoms with Crippen molar-refractivity contribution in [3.63, 3.8) is 0 Å². The number of carbonyl (C=O) groups is 1. The van der Waals surface area contributed by atoms with Crippen LogP contribution >= 0.6 is 12.4 Å². The number of ether oxygens (including phenoxy) is 1. The first-order valence-corrected chi connectivity index (χ1v) is 7.27. The van der Waals surface area contributed by atoms with E-state index < -0.39 is 0 Å². The van der Waals surface area contributed by atoms with Crippen LogP contribution in [0.5, 0.6) is 0 Å². The van der Waals surface area contributed by atoms with Gasteiger partial charge < -0.3 is 15.4 Å². The number of nitrogens with one attached hydrogen (secondary N) is 2. The van der Waals surface area contributed by atoms with Crippen molar-refractivity contribution in [2.75, 3.05) is 19.0 Å². The molecule has 1 aliphatic rings. The van der Waals surface area contributed by atoms with E-state index in [0.717, 1.165) is 30.6 Å². The maximum absolute atomic E-state index is 12.3. The summed E-state index contributed by atoms with van der Waals surface area (Å²) in [4.78, 5) is 12.3. The summed E-state index contributed by atoms with van der Waals surface area (Å²) in [5.74, 6) is 0.232. The minimum atomic E-state index is 0. The van der Waals surface area contributed by atoms with Crippen molar-refractivity contribution in [3.8, 4) is 0 Å². The van der Waals surface area contributed by atoms with Gasteiger partial charge in [0.15, 0.2) is 0 Å². The third-order valence-electron chi connectivity index (χ3n) is 3.97. The van der Waals surface area contributed by atoms with Crippen LogP contribution in [0, 0.1) is 5.92 Å². The first kappa shape index (κ1) is 18.0. The summed E-state index contributed by atoms with van der Waals surface area (Å²) < 4.78 is 5.31. The van der Waals surface area contributed by atoms with E-state index in [4.69, 9.17) is 4.74 Å². The van der Waals surface area contributed by atoms with Crippen LogP contribution in [0.3, 0.4) is 0 Å².